The molecule has 1 heterocycles. The van der Waals surface area contributed by atoms with E-state index in [0.717, 1.165) is 38.8 Å². The Labute approximate surface area is 127 Å². The maximum absolute atomic E-state index is 3.64. The number of hydrogen-bond donors (Lipinski definition) is 1. The van der Waals surface area contributed by atoms with Crippen molar-refractivity contribution in [2.75, 3.05) is 19.6 Å². The molecule has 0 radical (unpaired) electrons. The zero-order valence-electron chi connectivity index (χ0n) is 13.3. The second-order valence-corrected chi connectivity index (χ2v) is 6.05. The lowest BCUT2D eigenvalue weighted by Gasteiger charge is -2.18. The Kier molecular flexibility index (Phi) is 4.61. The molecule has 1 saturated carbocycles. The van der Waals surface area contributed by atoms with Gasteiger partial charge < -0.3 is 14.8 Å². The van der Waals surface area contributed by atoms with Crippen molar-refractivity contribution in [1.29, 1.82) is 0 Å². The third kappa shape index (κ3) is 3.47. The van der Waals surface area contributed by atoms with E-state index in [1.54, 1.807) is 0 Å². The first-order valence-electron chi connectivity index (χ1n) is 8.34. The number of para-hydroxylation sites is 1. The Hall–Kier alpha value is -1.32. The van der Waals surface area contributed by atoms with Crippen molar-refractivity contribution >= 4 is 10.9 Å². The van der Waals surface area contributed by atoms with Gasteiger partial charge in [0.15, 0.2) is 0 Å². The number of hydrogen-bond acceptors (Lipinski definition) is 2. The van der Waals surface area contributed by atoms with Crippen LogP contribution in [0.15, 0.2) is 30.5 Å². The maximum Gasteiger partial charge on any atom is 0.0484 e. The second-order valence-electron chi connectivity index (χ2n) is 6.05. The third-order valence-electron chi connectivity index (χ3n) is 4.58. The summed E-state index contributed by atoms with van der Waals surface area (Å²) in [6, 6.07) is 9.57. The molecule has 1 fully saturated rings. The number of benzene rings is 1. The minimum Gasteiger partial charge on any atom is -0.346 e. The van der Waals surface area contributed by atoms with E-state index in [2.05, 4.69) is 59.1 Å². The van der Waals surface area contributed by atoms with Crippen molar-refractivity contribution in [1.82, 2.24) is 14.8 Å². The molecule has 1 aliphatic carbocycles. The smallest absolute Gasteiger partial charge is 0.0484 e. The molecule has 21 heavy (non-hydrogen) atoms. The quantitative estimate of drug-likeness (QED) is 0.803. The molecule has 2 aromatic rings. The van der Waals surface area contributed by atoms with Crippen LogP contribution in [0.5, 0.6) is 0 Å². The Morgan fingerprint density at radius 3 is 2.67 bits per heavy atom. The van der Waals surface area contributed by atoms with Crippen LogP contribution in [0, 0.1) is 0 Å². The van der Waals surface area contributed by atoms with Gasteiger partial charge in [-0.05, 0) is 37.6 Å². The molecule has 0 saturated heterocycles. The monoisotopic (exact) mass is 285 g/mol. The molecule has 114 valence electrons. The molecule has 0 spiro atoms. The van der Waals surface area contributed by atoms with Crippen molar-refractivity contribution in [2.45, 2.75) is 45.8 Å². The molecule has 1 aromatic carbocycles. The fourth-order valence-corrected chi connectivity index (χ4v) is 2.98. The highest BCUT2D eigenvalue weighted by molar-refractivity contribution is 5.83. The summed E-state index contributed by atoms with van der Waals surface area (Å²) in [5.74, 6) is 0. The standard InChI is InChI=1S/C18H27N3/c1-3-20(4-2)11-12-21-14-15(13-19-16-9-10-16)17-7-5-6-8-18(17)21/h5-8,14,16,19H,3-4,9-13H2,1-2H3. The number of nitrogens with one attached hydrogen (secondary N) is 1. The summed E-state index contributed by atoms with van der Waals surface area (Å²) in [7, 11) is 0. The number of nitrogens with zero attached hydrogens (tertiary/aromatic N) is 2. The van der Waals surface area contributed by atoms with Gasteiger partial charge in [-0.1, -0.05) is 32.0 Å². The van der Waals surface area contributed by atoms with E-state index >= 15 is 0 Å². The molecule has 3 rings (SSSR count). The van der Waals surface area contributed by atoms with Crippen LogP contribution in [-0.4, -0.2) is 35.1 Å². The van der Waals surface area contributed by atoms with Gasteiger partial charge in [0, 0.05) is 42.8 Å². The zero-order chi connectivity index (χ0) is 14.7. The Morgan fingerprint density at radius 1 is 1.19 bits per heavy atom. The summed E-state index contributed by atoms with van der Waals surface area (Å²) in [4.78, 5) is 2.48. The van der Waals surface area contributed by atoms with Crippen molar-refractivity contribution in [3.63, 3.8) is 0 Å². The fraction of sp³-hybridized carbons (Fsp3) is 0.556. The van der Waals surface area contributed by atoms with Crippen LogP contribution in [-0.2, 0) is 13.1 Å². The van der Waals surface area contributed by atoms with Gasteiger partial charge in [0.05, 0.1) is 0 Å². The highest BCUT2D eigenvalue weighted by Gasteiger charge is 2.20. The first-order chi connectivity index (χ1) is 10.3. The van der Waals surface area contributed by atoms with E-state index in [-0.39, 0.29) is 0 Å². The van der Waals surface area contributed by atoms with Crippen LogP contribution in [0.3, 0.4) is 0 Å². The van der Waals surface area contributed by atoms with Crippen molar-refractivity contribution in [3.05, 3.63) is 36.0 Å². The van der Waals surface area contributed by atoms with Gasteiger partial charge in [-0.25, -0.2) is 0 Å². The molecule has 1 aromatic heterocycles. The number of rotatable bonds is 8. The Balaban J connectivity index is 1.76. The highest BCUT2D eigenvalue weighted by Crippen LogP contribution is 2.24. The van der Waals surface area contributed by atoms with Gasteiger partial charge in [0.2, 0.25) is 0 Å². The summed E-state index contributed by atoms with van der Waals surface area (Å²) in [6.45, 7) is 9.94. The maximum atomic E-state index is 3.64. The average Bonchev–Trinajstić information content (AvgIpc) is 3.29. The topological polar surface area (TPSA) is 20.2 Å². The fourth-order valence-electron chi connectivity index (χ4n) is 2.98. The summed E-state index contributed by atoms with van der Waals surface area (Å²) in [5, 5.41) is 5.05. The van der Waals surface area contributed by atoms with Crippen LogP contribution >= 0.6 is 0 Å². The number of likely N-dealkylation sites (N-methyl/N-ethyl adjacent to an activating group) is 1. The molecule has 0 aliphatic heterocycles. The van der Waals surface area contributed by atoms with Crippen LogP contribution in [0.4, 0.5) is 0 Å². The Morgan fingerprint density at radius 2 is 1.95 bits per heavy atom. The SMILES string of the molecule is CCN(CC)CCn1cc(CNC2CC2)c2ccccc21. The molecular weight excluding hydrogens is 258 g/mol. The molecule has 1 aliphatic rings. The van der Waals surface area contributed by atoms with Crippen LogP contribution in [0.25, 0.3) is 10.9 Å². The second kappa shape index (κ2) is 6.63. The first-order valence-corrected chi connectivity index (χ1v) is 8.34. The minimum atomic E-state index is 0.766. The lowest BCUT2D eigenvalue weighted by atomic mass is 10.2. The third-order valence-corrected chi connectivity index (χ3v) is 4.58. The summed E-state index contributed by atoms with van der Waals surface area (Å²) < 4.78 is 2.43. The minimum absolute atomic E-state index is 0.766. The summed E-state index contributed by atoms with van der Waals surface area (Å²) in [5.41, 5.74) is 2.81. The van der Waals surface area contributed by atoms with Gasteiger partial charge in [0.1, 0.15) is 0 Å². The average molecular weight is 285 g/mol. The van der Waals surface area contributed by atoms with Gasteiger partial charge in [-0.3, -0.25) is 0 Å². The lowest BCUT2D eigenvalue weighted by Crippen LogP contribution is -2.26. The van der Waals surface area contributed by atoms with E-state index in [1.165, 1.54) is 29.3 Å². The van der Waals surface area contributed by atoms with E-state index < -0.39 is 0 Å². The van der Waals surface area contributed by atoms with Crippen LogP contribution in [0.1, 0.15) is 32.3 Å². The largest absolute Gasteiger partial charge is 0.346 e. The van der Waals surface area contributed by atoms with Crippen molar-refractivity contribution in [2.24, 2.45) is 0 Å². The molecule has 0 unspecified atom stereocenters. The van der Waals surface area contributed by atoms with Gasteiger partial charge in [0.25, 0.3) is 0 Å². The van der Waals surface area contributed by atoms with E-state index in [9.17, 15) is 0 Å². The first kappa shape index (κ1) is 14.6. The van der Waals surface area contributed by atoms with Crippen LogP contribution < -0.4 is 5.32 Å². The van der Waals surface area contributed by atoms with Crippen molar-refractivity contribution in [3.8, 4) is 0 Å². The predicted octanol–water partition coefficient (Wildman–Crippen LogP) is 3.24. The van der Waals surface area contributed by atoms with Crippen molar-refractivity contribution < 1.29 is 0 Å². The number of aromatic nitrogens is 1. The molecule has 0 amide bonds. The normalized spacial score (nSPS) is 15.2. The van der Waals surface area contributed by atoms with E-state index in [0.29, 0.717) is 0 Å². The Bertz CT molecular complexity index is 579. The van der Waals surface area contributed by atoms with E-state index in [4.69, 9.17) is 0 Å². The van der Waals surface area contributed by atoms with Crippen LogP contribution in [0.2, 0.25) is 0 Å². The molecule has 1 N–H and O–H groups in total. The molecule has 0 atom stereocenters. The molecule has 3 nitrogen and oxygen atoms in total. The summed E-state index contributed by atoms with van der Waals surface area (Å²) >= 11 is 0. The molecule has 3 heteroatoms. The molecule has 0 bridgehead atoms. The van der Waals surface area contributed by atoms with Gasteiger partial charge in [-0.2, -0.15) is 0 Å². The predicted molar refractivity (Wildman–Crippen MR) is 89.6 cm³/mol. The number of fused-ring (bicyclic) bond motifs is 1. The molecular formula is C18H27N3. The van der Waals surface area contributed by atoms with E-state index in [1.807, 2.05) is 0 Å². The van der Waals surface area contributed by atoms with Gasteiger partial charge in [-0.15, -0.1) is 0 Å². The highest BCUT2D eigenvalue weighted by atomic mass is 15.1. The summed E-state index contributed by atoms with van der Waals surface area (Å²) in [6.07, 6.45) is 5.05. The lowest BCUT2D eigenvalue weighted by molar-refractivity contribution is 0.292. The van der Waals surface area contributed by atoms with Gasteiger partial charge >= 0.3 is 0 Å². The zero-order valence-corrected chi connectivity index (χ0v) is 13.3.